The van der Waals surface area contributed by atoms with Crippen molar-refractivity contribution in [2.45, 2.75) is 45.2 Å². The highest BCUT2D eigenvalue weighted by Gasteiger charge is 2.35. The lowest BCUT2D eigenvalue weighted by molar-refractivity contribution is -0.0865. The minimum atomic E-state index is -4.58. The molecule has 0 atom stereocenters. The first kappa shape index (κ1) is 21.4. The average Bonchev–Trinajstić information content (AvgIpc) is 2.69. The Bertz CT molecular complexity index is 883. The molecule has 0 fully saturated rings. The smallest absolute Gasteiger partial charge is 0.165 e. The van der Waals surface area contributed by atoms with Gasteiger partial charge in [-0.05, 0) is 24.1 Å². The number of hydrogen-bond donors (Lipinski definition) is 0. The van der Waals surface area contributed by atoms with E-state index in [0.29, 0.717) is 17.5 Å². The number of rotatable bonds is 5. The van der Waals surface area contributed by atoms with Crippen molar-refractivity contribution in [1.82, 2.24) is 0 Å². The van der Waals surface area contributed by atoms with Gasteiger partial charge in [-0.15, -0.1) is 0 Å². The van der Waals surface area contributed by atoms with Gasteiger partial charge < -0.3 is 0 Å². The molecule has 0 aliphatic carbocycles. The van der Waals surface area contributed by atoms with E-state index in [-0.39, 0.29) is 5.57 Å². The average molecular weight is 380 g/mol. The summed E-state index contributed by atoms with van der Waals surface area (Å²) in [6, 6.07) is 17.1. The van der Waals surface area contributed by atoms with E-state index in [2.05, 4.69) is 30.6 Å². The Labute approximate surface area is 165 Å². The van der Waals surface area contributed by atoms with Crippen LogP contribution in [0.3, 0.4) is 0 Å². The first-order valence-electron chi connectivity index (χ1n) is 9.45. The molecule has 0 aliphatic rings. The normalized spacial score (nSPS) is 11.6. The monoisotopic (exact) mass is 380 g/mol. The number of unbranched alkanes of at least 4 members (excludes halogenated alkanes) is 4. The molecule has 0 nitrogen and oxygen atoms in total. The minimum absolute atomic E-state index is 0.0629. The van der Waals surface area contributed by atoms with Gasteiger partial charge >= 0.3 is 6.18 Å². The summed E-state index contributed by atoms with van der Waals surface area (Å²) in [5.74, 6) is 10.6. The quantitative estimate of drug-likeness (QED) is 0.386. The van der Waals surface area contributed by atoms with Crippen molar-refractivity contribution in [3.05, 3.63) is 77.4 Å². The Morgan fingerprint density at radius 1 is 0.821 bits per heavy atom. The molecular formula is C25H23F3. The summed E-state index contributed by atoms with van der Waals surface area (Å²) in [5, 5.41) is 0. The highest BCUT2D eigenvalue weighted by Crippen LogP contribution is 2.32. The van der Waals surface area contributed by atoms with Gasteiger partial charge in [0.05, 0.1) is 5.57 Å². The molecular weight excluding hydrogens is 357 g/mol. The molecule has 28 heavy (non-hydrogen) atoms. The Kier molecular flexibility index (Phi) is 8.44. The largest absolute Gasteiger partial charge is 0.425 e. The molecule has 2 aromatic carbocycles. The van der Waals surface area contributed by atoms with Crippen LogP contribution in [0, 0.1) is 23.7 Å². The SMILES string of the molecule is CCCCCCC#C/C(=C(/C#Cc1ccccc1)C(F)(F)F)c1ccccc1. The van der Waals surface area contributed by atoms with E-state index in [9.17, 15) is 13.2 Å². The van der Waals surface area contributed by atoms with Crippen molar-refractivity contribution < 1.29 is 13.2 Å². The van der Waals surface area contributed by atoms with E-state index in [1.807, 2.05) is 0 Å². The van der Waals surface area contributed by atoms with Gasteiger partial charge in [-0.3, -0.25) is 0 Å². The van der Waals surface area contributed by atoms with Crippen LogP contribution in [0.4, 0.5) is 13.2 Å². The van der Waals surface area contributed by atoms with Crippen molar-refractivity contribution in [2.75, 3.05) is 0 Å². The van der Waals surface area contributed by atoms with Gasteiger partial charge in [0.2, 0.25) is 0 Å². The van der Waals surface area contributed by atoms with Crippen LogP contribution in [0.15, 0.2) is 66.2 Å². The van der Waals surface area contributed by atoms with Crippen LogP contribution < -0.4 is 0 Å². The Balaban J connectivity index is 2.46. The van der Waals surface area contributed by atoms with Gasteiger partial charge in [0.25, 0.3) is 0 Å². The molecule has 2 rings (SSSR count). The van der Waals surface area contributed by atoms with E-state index >= 15 is 0 Å². The number of alkyl halides is 3. The number of allylic oxidation sites excluding steroid dienone is 2. The second kappa shape index (κ2) is 11.1. The summed E-state index contributed by atoms with van der Waals surface area (Å²) < 4.78 is 41.4. The summed E-state index contributed by atoms with van der Waals surface area (Å²) in [6.07, 6.45) is 0.141. The molecule has 0 N–H and O–H groups in total. The van der Waals surface area contributed by atoms with Crippen molar-refractivity contribution >= 4 is 5.57 Å². The van der Waals surface area contributed by atoms with Crippen LogP contribution >= 0.6 is 0 Å². The van der Waals surface area contributed by atoms with Gasteiger partial charge in [0.1, 0.15) is 5.57 Å². The summed E-state index contributed by atoms with van der Waals surface area (Å²) in [5.41, 5.74) is -0.00179. The molecule has 144 valence electrons. The number of hydrogen-bond acceptors (Lipinski definition) is 0. The molecule has 0 radical (unpaired) electrons. The molecule has 0 amide bonds. The third kappa shape index (κ3) is 7.01. The maximum absolute atomic E-state index is 13.8. The second-order valence-corrected chi connectivity index (χ2v) is 6.34. The fourth-order valence-corrected chi connectivity index (χ4v) is 2.61. The number of benzene rings is 2. The first-order valence-corrected chi connectivity index (χ1v) is 9.45. The summed E-state index contributed by atoms with van der Waals surface area (Å²) in [7, 11) is 0. The van der Waals surface area contributed by atoms with Crippen molar-refractivity contribution in [1.29, 1.82) is 0 Å². The van der Waals surface area contributed by atoms with Crippen molar-refractivity contribution in [3.8, 4) is 23.7 Å². The molecule has 0 aliphatic heterocycles. The summed E-state index contributed by atoms with van der Waals surface area (Å²) >= 11 is 0. The molecule has 0 spiro atoms. The van der Waals surface area contributed by atoms with Crippen molar-refractivity contribution in [3.63, 3.8) is 0 Å². The van der Waals surface area contributed by atoms with Gasteiger partial charge in [-0.25, -0.2) is 0 Å². The molecule has 2 aromatic rings. The van der Waals surface area contributed by atoms with Crippen LogP contribution in [0.1, 0.15) is 50.2 Å². The topological polar surface area (TPSA) is 0 Å². The maximum atomic E-state index is 13.8. The Morgan fingerprint density at radius 3 is 2.07 bits per heavy atom. The van der Waals surface area contributed by atoms with Gasteiger partial charge in [0, 0.05) is 12.0 Å². The van der Waals surface area contributed by atoms with Gasteiger partial charge in [0.15, 0.2) is 0 Å². The molecule has 0 heterocycles. The van der Waals surface area contributed by atoms with E-state index in [1.165, 1.54) is 0 Å². The Morgan fingerprint density at radius 2 is 1.46 bits per heavy atom. The van der Waals surface area contributed by atoms with Crippen molar-refractivity contribution in [2.24, 2.45) is 0 Å². The van der Waals surface area contributed by atoms with E-state index < -0.39 is 11.7 Å². The second-order valence-electron chi connectivity index (χ2n) is 6.34. The van der Waals surface area contributed by atoms with Crippen LogP contribution in [0.5, 0.6) is 0 Å². The lowest BCUT2D eigenvalue weighted by atomic mass is 9.99. The first-order chi connectivity index (χ1) is 13.5. The highest BCUT2D eigenvalue weighted by atomic mass is 19.4. The van der Waals surface area contributed by atoms with E-state index in [0.717, 1.165) is 25.7 Å². The fraction of sp³-hybridized carbons (Fsp3) is 0.280. The zero-order valence-electron chi connectivity index (χ0n) is 15.9. The molecule has 0 saturated carbocycles. The minimum Gasteiger partial charge on any atom is -0.165 e. The third-order valence-electron chi connectivity index (χ3n) is 4.07. The summed E-state index contributed by atoms with van der Waals surface area (Å²) in [6.45, 7) is 2.11. The van der Waals surface area contributed by atoms with E-state index in [4.69, 9.17) is 0 Å². The van der Waals surface area contributed by atoms with Crippen LogP contribution in [0.25, 0.3) is 5.57 Å². The zero-order valence-corrected chi connectivity index (χ0v) is 15.9. The van der Waals surface area contributed by atoms with Crippen LogP contribution in [0.2, 0.25) is 0 Å². The van der Waals surface area contributed by atoms with Gasteiger partial charge in [-0.1, -0.05) is 98.4 Å². The lowest BCUT2D eigenvalue weighted by Gasteiger charge is -2.10. The maximum Gasteiger partial charge on any atom is 0.425 e. The predicted molar refractivity (Wildman–Crippen MR) is 109 cm³/mol. The third-order valence-corrected chi connectivity index (χ3v) is 4.07. The molecule has 3 heteroatoms. The van der Waals surface area contributed by atoms with Crippen LogP contribution in [-0.2, 0) is 0 Å². The molecule has 0 aromatic heterocycles. The molecule has 0 saturated heterocycles. The molecule has 0 bridgehead atoms. The predicted octanol–water partition coefficient (Wildman–Crippen LogP) is 7.03. The highest BCUT2D eigenvalue weighted by molar-refractivity contribution is 5.84. The van der Waals surface area contributed by atoms with Crippen LogP contribution in [-0.4, -0.2) is 6.18 Å². The standard InChI is InChI=1S/C25H23F3/c1-2-3-4-5-6-13-18-23(22-16-11-8-12-17-22)24(25(26,27)28)20-19-21-14-9-7-10-15-21/h7-12,14-17H,2-6H2,1H3/b24-23+. The van der Waals surface area contributed by atoms with E-state index in [1.54, 1.807) is 60.7 Å². The number of halogens is 3. The molecule has 0 unspecified atom stereocenters. The Hall–Kier alpha value is -2.91. The van der Waals surface area contributed by atoms with Gasteiger partial charge in [-0.2, -0.15) is 13.2 Å². The zero-order chi connectivity index (χ0) is 20.2. The fourth-order valence-electron chi connectivity index (χ4n) is 2.61. The lowest BCUT2D eigenvalue weighted by Crippen LogP contribution is -2.12. The summed E-state index contributed by atoms with van der Waals surface area (Å²) in [4.78, 5) is 0.